The van der Waals surface area contributed by atoms with Crippen LogP contribution < -0.4 is 28.7 Å². The van der Waals surface area contributed by atoms with Gasteiger partial charge >= 0.3 is 5.97 Å². The number of carbonyl (C=O) groups is 1. The molecule has 0 radical (unpaired) electrons. The topological polar surface area (TPSA) is 286 Å². The van der Waals surface area contributed by atoms with Gasteiger partial charge in [-0.25, -0.2) is 4.99 Å². The molecule has 0 aromatic rings. The lowest BCUT2D eigenvalue weighted by Crippen LogP contribution is -2.32. The molecule has 0 aliphatic heterocycles. The van der Waals surface area contributed by atoms with Crippen molar-refractivity contribution in [3.8, 4) is 0 Å². The molecule has 0 aromatic carbocycles. The molecule has 16 nitrogen and oxygen atoms in total. The molecule has 0 heterocycles. The van der Waals surface area contributed by atoms with Crippen molar-refractivity contribution in [1.82, 2.24) is 14.7 Å². The van der Waals surface area contributed by atoms with Crippen LogP contribution >= 0.6 is 12.4 Å². The number of carboxylic acid groups (broad SMARTS) is 1. The Hall–Kier alpha value is -3.82. The van der Waals surface area contributed by atoms with Crippen LogP contribution in [0.15, 0.2) is 15.0 Å². The Morgan fingerprint density at radius 2 is 1.09 bits per heavy atom. The molecule has 0 atom stereocenters. The molecule has 0 aliphatic carbocycles. The van der Waals surface area contributed by atoms with E-state index in [4.69, 9.17) is 50.0 Å². The maximum Gasteiger partial charge on any atom is 0.303 e. The van der Waals surface area contributed by atoms with Crippen molar-refractivity contribution in [3.05, 3.63) is 0 Å². The summed E-state index contributed by atoms with van der Waals surface area (Å²) in [6.45, 7) is 3.49. The Labute approximate surface area is 207 Å². The van der Waals surface area contributed by atoms with Crippen LogP contribution in [0.2, 0.25) is 0 Å². The summed E-state index contributed by atoms with van der Waals surface area (Å²) < 4.78 is 0. The maximum absolute atomic E-state index is 9.60. The van der Waals surface area contributed by atoms with Crippen molar-refractivity contribution in [1.29, 1.82) is 16.2 Å². The number of hydrogen-bond acceptors (Lipinski definition) is 4. The molecule has 0 saturated carbocycles. The smallest absolute Gasteiger partial charge is 0.303 e. The summed E-state index contributed by atoms with van der Waals surface area (Å²) in [6, 6.07) is 0. The Bertz CT molecular complexity index is 664. The number of nitrogens with one attached hydrogen (secondary N) is 3. The van der Waals surface area contributed by atoms with E-state index in [2.05, 4.69) is 15.0 Å². The molecule has 17 heteroatoms. The Morgan fingerprint density at radius 3 is 1.15 bits per heavy atom. The van der Waals surface area contributed by atoms with E-state index in [1.807, 2.05) is 6.92 Å². The first kappa shape index (κ1) is 40.5. The van der Waals surface area contributed by atoms with Gasteiger partial charge in [0.25, 0.3) is 0 Å². The first-order valence-electron chi connectivity index (χ1n) is 9.38. The molecule has 0 unspecified atom stereocenters. The van der Waals surface area contributed by atoms with Crippen LogP contribution in [-0.2, 0) is 4.79 Å². The number of nitrogens with two attached hydrogens (primary N) is 5. The van der Waals surface area contributed by atoms with Crippen LogP contribution in [0.5, 0.6) is 0 Å². The van der Waals surface area contributed by atoms with E-state index >= 15 is 0 Å². The zero-order chi connectivity index (χ0) is 27.3. The number of nitrogens with zero attached hydrogens (tertiary/aromatic N) is 6. The van der Waals surface area contributed by atoms with Crippen molar-refractivity contribution in [2.75, 3.05) is 42.3 Å². The average Bonchev–Trinajstić information content (AvgIpc) is 2.61. The Morgan fingerprint density at radius 1 is 0.765 bits per heavy atom. The van der Waals surface area contributed by atoms with E-state index < -0.39 is 5.97 Å². The fourth-order valence-corrected chi connectivity index (χ4v) is 0.928. The first-order valence-corrected chi connectivity index (χ1v) is 9.38. The second-order valence-electron chi connectivity index (χ2n) is 6.61. The number of aliphatic imine (C=N–C) groups is 3. The summed E-state index contributed by atoms with van der Waals surface area (Å²) in [5.74, 6) is -0.200. The molecule has 34 heavy (non-hydrogen) atoms. The third kappa shape index (κ3) is 38.7. The lowest BCUT2D eigenvalue weighted by atomic mass is 10.4. The van der Waals surface area contributed by atoms with E-state index in [0.717, 1.165) is 6.42 Å². The summed E-state index contributed by atoms with van der Waals surface area (Å²) >= 11 is 0. The highest BCUT2D eigenvalue weighted by Gasteiger charge is 1.93. The predicted molar refractivity (Wildman–Crippen MR) is 143 cm³/mol. The van der Waals surface area contributed by atoms with Crippen molar-refractivity contribution < 1.29 is 9.90 Å². The van der Waals surface area contributed by atoms with Crippen LogP contribution in [-0.4, -0.2) is 104 Å². The van der Waals surface area contributed by atoms with Crippen LogP contribution in [0.4, 0.5) is 0 Å². The minimum absolute atomic E-state index is 0. The van der Waals surface area contributed by atoms with E-state index in [0.29, 0.717) is 12.3 Å². The molecule has 14 N–H and O–H groups in total. The predicted octanol–water partition coefficient (Wildman–Crippen LogP) is -1.33. The van der Waals surface area contributed by atoms with Crippen molar-refractivity contribution in [2.45, 2.75) is 26.7 Å². The van der Waals surface area contributed by atoms with Crippen molar-refractivity contribution in [2.24, 2.45) is 43.6 Å². The van der Waals surface area contributed by atoms with Crippen molar-refractivity contribution in [3.63, 3.8) is 0 Å². The normalized spacial score (nSPS) is 10.3. The molecule has 0 spiro atoms. The molecular formula is C17H43ClN14O2. The summed E-state index contributed by atoms with van der Waals surface area (Å²) in [5.41, 5.74) is 25.6. The lowest BCUT2D eigenvalue weighted by Gasteiger charge is -2.08. The highest BCUT2D eigenvalue weighted by atomic mass is 35.5. The van der Waals surface area contributed by atoms with Gasteiger partial charge in [-0.2, -0.15) is 9.98 Å². The van der Waals surface area contributed by atoms with E-state index in [9.17, 15) is 4.79 Å². The molecule has 0 rings (SSSR count). The third-order valence-electron chi connectivity index (χ3n) is 2.56. The summed E-state index contributed by atoms with van der Waals surface area (Å²) in [4.78, 5) is 24.9. The fraction of sp³-hybridized carbons (Fsp3) is 0.588. The van der Waals surface area contributed by atoms with Gasteiger partial charge in [0.2, 0.25) is 17.9 Å². The van der Waals surface area contributed by atoms with Crippen LogP contribution in [0, 0.1) is 16.2 Å². The third-order valence-corrected chi connectivity index (χ3v) is 2.56. The standard InChI is InChI=1S/C5H12N4.2C4H11N5.C4H8O2.ClH/c1-4(6)8-5(7)9(2)3;2*1-9(2)4(7)8-3(5)6;1-2-3-4(5)6;/h1-3H3,(H3,6,7,8);2*1-2H3,(H5,5,6,7,8);2-3H2,1H3,(H,5,6);1H. The van der Waals surface area contributed by atoms with E-state index in [-0.39, 0.29) is 42.2 Å². The maximum atomic E-state index is 9.60. The second kappa shape index (κ2) is 23.8. The molecular weight excluding hydrogens is 468 g/mol. The zero-order valence-electron chi connectivity index (χ0n) is 21.2. The number of halogens is 1. The molecule has 0 bridgehead atoms. The summed E-state index contributed by atoms with van der Waals surface area (Å²) in [5, 5.41) is 28.4. The number of hydrogen-bond donors (Lipinski definition) is 9. The zero-order valence-corrected chi connectivity index (χ0v) is 22.1. The van der Waals surface area contributed by atoms with Crippen LogP contribution in [0.3, 0.4) is 0 Å². The molecule has 0 aliphatic rings. The number of carboxylic acids is 1. The van der Waals surface area contributed by atoms with Crippen molar-refractivity contribution >= 4 is 54.0 Å². The van der Waals surface area contributed by atoms with E-state index in [1.165, 1.54) is 0 Å². The highest BCUT2D eigenvalue weighted by molar-refractivity contribution is 5.92. The van der Waals surface area contributed by atoms with Gasteiger partial charge in [0.15, 0.2) is 11.9 Å². The van der Waals surface area contributed by atoms with Gasteiger partial charge in [0.05, 0.1) is 5.84 Å². The van der Waals surface area contributed by atoms with Crippen LogP contribution in [0.25, 0.3) is 0 Å². The minimum Gasteiger partial charge on any atom is -0.481 e. The monoisotopic (exact) mass is 510 g/mol. The number of guanidine groups is 5. The van der Waals surface area contributed by atoms with E-state index in [1.54, 1.807) is 63.9 Å². The van der Waals surface area contributed by atoms with Gasteiger partial charge in [0, 0.05) is 48.7 Å². The Balaban J connectivity index is -0.000000110. The summed E-state index contributed by atoms with van der Waals surface area (Å²) in [7, 11) is 10.4. The largest absolute Gasteiger partial charge is 0.481 e. The van der Waals surface area contributed by atoms with Crippen LogP contribution in [0.1, 0.15) is 26.7 Å². The SMILES string of the molecule is CC(N)=NC(=N)N(C)C.CCCC(=O)O.CN(C)C(N)=NC(=N)N.CN(C)C(N)=NC(=N)N.Cl. The first-order chi connectivity index (χ1) is 14.9. The molecule has 0 aromatic heterocycles. The van der Waals surface area contributed by atoms with Gasteiger partial charge in [-0.3, -0.25) is 21.0 Å². The van der Waals surface area contributed by atoms with Gasteiger partial charge in [-0.15, -0.1) is 12.4 Å². The Kier molecular flexibility index (Phi) is 28.4. The van der Waals surface area contributed by atoms with Gasteiger partial charge in [-0.1, -0.05) is 6.92 Å². The van der Waals surface area contributed by atoms with Gasteiger partial charge < -0.3 is 48.5 Å². The number of aliphatic carboxylic acids is 1. The number of rotatable bonds is 2. The lowest BCUT2D eigenvalue weighted by molar-refractivity contribution is -0.137. The highest BCUT2D eigenvalue weighted by Crippen LogP contribution is 1.82. The molecule has 0 fully saturated rings. The molecule has 0 saturated heterocycles. The quantitative estimate of drug-likeness (QED) is 0.155. The second-order valence-corrected chi connectivity index (χ2v) is 6.61. The van der Waals surface area contributed by atoms with Gasteiger partial charge in [-0.05, 0) is 13.3 Å². The summed E-state index contributed by atoms with van der Waals surface area (Å²) in [6.07, 6.45) is 1.02. The number of amidine groups is 1. The molecule has 200 valence electrons. The average molecular weight is 511 g/mol. The molecule has 0 amide bonds. The van der Waals surface area contributed by atoms with Gasteiger partial charge in [0.1, 0.15) is 0 Å². The minimum atomic E-state index is -0.711. The fourth-order valence-electron chi connectivity index (χ4n) is 0.928.